The van der Waals surface area contributed by atoms with E-state index < -0.39 is 47.1 Å². The molecule has 4 unspecified atom stereocenters. The number of carbonyl (C=O) groups excluding carboxylic acids is 2. The lowest BCUT2D eigenvalue weighted by atomic mass is 9.59. The Bertz CT molecular complexity index is 800. The molecule has 0 spiro atoms. The topological polar surface area (TPSA) is 96.9 Å². The normalized spacial score (nSPS) is 41.1. The minimum Gasteiger partial charge on any atom is -0.391 e. The molecular weight excluding hydrogens is 508 g/mol. The average Bonchev–Trinajstić information content (AvgIpc) is 2.80. The number of aliphatic hydroxyl groups excluding tert-OH is 1. The number of amides is 2. The molecule has 7 nitrogen and oxygen atoms in total. The van der Waals surface area contributed by atoms with E-state index in [0.29, 0.717) is 51.4 Å². The van der Waals surface area contributed by atoms with Crippen LogP contribution < -0.4 is 10.6 Å². The van der Waals surface area contributed by atoms with Crippen molar-refractivity contribution in [3.63, 3.8) is 0 Å². The van der Waals surface area contributed by atoms with E-state index in [2.05, 4.69) is 15.4 Å². The predicted molar refractivity (Wildman–Crippen MR) is 122 cm³/mol. The van der Waals surface area contributed by atoms with Crippen LogP contribution in [-0.4, -0.2) is 70.8 Å². The van der Waals surface area contributed by atoms with Crippen molar-refractivity contribution in [2.45, 2.75) is 124 Å². The molecule has 12 heteroatoms. The highest BCUT2D eigenvalue weighted by molar-refractivity contribution is 6.21. The van der Waals surface area contributed by atoms with E-state index in [1.54, 1.807) is 0 Å². The van der Waals surface area contributed by atoms with Crippen molar-refractivity contribution in [1.29, 1.82) is 0 Å². The van der Waals surface area contributed by atoms with Gasteiger partial charge in [0, 0.05) is 17.9 Å². The van der Waals surface area contributed by atoms with Gasteiger partial charge in [-0.2, -0.15) is 0 Å². The number of ether oxygens (including phenoxy) is 2. The molecule has 5 rings (SSSR count). The largest absolute Gasteiger partial charge is 0.522 e. The first kappa shape index (κ1) is 27.9. The fraction of sp³-hybridized carbons (Fsp3) is 0.917. The Morgan fingerprint density at radius 2 is 1.61 bits per heavy atom. The number of carbonyl (C=O) groups is 2. The highest BCUT2D eigenvalue weighted by Crippen LogP contribution is 2.47. The number of halogens is 5. The number of rotatable bonds is 7. The molecule has 36 heavy (non-hydrogen) atoms. The van der Waals surface area contributed by atoms with E-state index >= 15 is 0 Å². The molecule has 0 aromatic rings. The molecule has 0 aromatic heterocycles. The Kier molecular flexibility index (Phi) is 8.44. The second-order valence-corrected chi connectivity index (χ2v) is 11.6. The van der Waals surface area contributed by atoms with Crippen molar-refractivity contribution in [1.82, 2.24) is 10.6 Å². The Morgan fingerprint density at radius 1 is 0.972 bits per heavy atom. The van der Waals surface area contributed by atoms with Gasteiger partial charge in [-0.25, -0.2) is 4.39 Å². The third kappa shape index (κ3) is 6.63. The first-order valence-corrected chi connectivity index (χ1v) is 13.3. The molecule has 206 valence electrons. The molecule has 3 N–H and O–H groups in total. The van der Waals surface area contributed by atoms with Crippen LogP contribution in [0.3, 0.4) is 0 Å². The van der Waals surface area contributed by atoms with Gasteiger partial charge >= 0.3 is 6.36 Å². The number of aliphatic hydroxyl groups is 1. The van der Waals surface area contributed by atoms with Crippen LogP contribution in [0.1, 0.15) is 77.0 Å². The fourth-order valence-corrected chi connectivity index (χ4v) is 6.59. The third-order valence-corrected chi connectivity index (χ3v) is 9.03. The summed E-state index contributed by atoms with van der Waals surface area (Å²) in [6, 6.07) is 0. The van der Waals surface area contributed by atoms with Crippen LogP contribution in [-0.2, 0) is 19.1 Å². The van der Waals surface area contributed by atoms with Gasteiger partial charge in [-0.1, -0.05) is 0 Å². The molecule has 5 aliphatic rings. The second kappa shape index (κ2) is 10.9. The molecule has 2 bridgehead atoms. The van der Waals surface area contributed by atoms with Gasteiger partial charge in [0.2, 0.25) is 11.8 Å². The Balaban J connectivity index is 1.23. The number of hydrogen-bond acceptors (Lipinski definition) is 5. The summed E-state index contributed by atoms with van der Waals surface area (Å²) in [5, 5.41) is 16.4. The summed E-state index contributed by atoms with van der Waals surface area (Å²) in [6.45, 7) is -0.190. The molecule has 5 aliphatic carbocycles. The standard InChI is InChI=1S/C24H35ClF4N2O5/c25-17-6-5-16(11-18(17)26)35-13-20(33)30-22-7-9-23(10-8-22,19(32)12-22)31-21(34)14-1-3-15(4-2-14)36-24(27,28)29/h14-19,32H,1-13H2,(H,30,33)(H,31,34). The van der Waals surface area contributed by atoms with E-state index in [1.807, 2.05) is 0 Å². The maximum absolute atomic E-state index is 13.8. The smallest absolute Gasteiger partial charge is 0.391 e. The van der Waals surface area contributed by atoms with Crippen molar-refractivity contribution in [3.8, 4) is 0 Å². The van der Waals surface area contributed by atoms with E-state index in [-0.39, 0.29) is 50.2 Å². The maximum atomic E-state index is 13.8. The van der Waals surface area contributed by atoms with Gasteiger partial charge in [-0.3, -0.25) is 14.3 Å². The van der Waals surface area contributed by atoms with E-state index in [4.69, 9.17) is 16.3 Å². The summed E-state index contributed by atoms with van der Waals surface area (Å²) in [7, 11) is 0. The highest BCUT2D eigenvalue weighted by Gasteiger charge is 2.55. The van der Waals surface area contributed by atoms with Gasteiger partial charge < -0.3 is 20.5 Å². The Morgan fingerprint density at radius 3 is 2.19 bits per heavy atom. The first-order valence-electron chi connectivity index (χ1n) is 12.8. The van der Waals surface area contributed by atoms with Crippen LogP contribution in [0.4, 0.5) is 17.6 Å². The zero-order chi connectivity index (χ0) is 26.1. The molecular formula is C24H35ClF4N2O5. The minimum atomic E-state index is -4.68. The lowest BCUT2D eigenvalue weighted by Crippen LogP contribution is -2.70. The molecule has 4 atom stereocenters. The molecule has 5 saturated carbocycles. The van der Waals surface area contributed by atoms with Gasteiger partial charge in [0.25, 0.3) is 0 Å². The number of fused-ring (bicyclic) bond motifs is 3. The first-order chi connectivity index (χ1) is 16.9. The number of nitrogens with one attached hydrogen (secondary N) is 2. The SMILES string of the molecule is O=C(COC1CCC(Cl)C(F)C1)NC12CCC(NC(=O)C3CCC(OC(F)(F)F)CC3)(CC1)C(O)C2. The summed E-state index contributed by atoms with van der Waals surface area (Å²) >= 11 is 5.89. The fourth-order valence-electron chi connectivity index (χ4n) is 6.36. The van der Waals surface area contributed by atoms with Crippen LogP contribution in [0.2, 0.25) is 0 Å². The van der Waals surface area contributed by atoms with Crippen LogP contribution >= 0.6 is 11.6 Å². The minimum absolute atomic E-state index is 0.156. The van der Waals surface area contributed by atoms with Gasteiger partial charge in [-0.15, -0.1) is 24.8 Å². The number of hydrogen-bond donors (Lipinski definition) is 3. The third-order valence-electron chi connectivity index (χ3n) is 8.54. The van der Waals surface area contributed by atoms with Crippen LogP contribution in [0, 0.1) is 5.92 Å². The van der Waals surface area contributed by atoms with Gasteiger partial charge in [-0.05, 0) is 70.6 Å². The quantitative estimate of drug-likeness (QED) is 0.337. The second-order valence-electron chi connectivity index (χ2n) is 11.0. The van der Waals surface area contributed by atoms with Crippen LogP contribution in [0.25, 0.3) is 0 Å². The molecule has 0 aromatic carbocycles. The van der Waals surface area contributed by atoms with Crippen LogP contribution in [0.15, 0.2) is 0 Å². The summed E-state index contributed by atoms with van der Waals surface area (Å²) in [4.78, 5) is 25.5. The van der Waals surface area contributed by atoms with Gasteiger partial charge in [0.15, 0.2) is 0 Å². The van der Waals surface area contributed by atoms with Crippen molar-refractivity contribution in [3.05, 3.63) is 0 Å². The monoisotopic (exact) mass is 542 g/mol. The number of alkyl halides is 5. The van der Waals surface area contributed by atoms with Crippen molar-refractivity contribution in [2.75, 3.05) is 6.61 Å². The summed E-state index contributed by atoms with van der Waals surface area (Å²) < 4.78 is 60.8. The molecule has 0 radical (unpaired) electrons. The van der Waals surface area contributed by atoms with Crippen molar-refractivity contribution < 1.29 is 41.7 Å². The lowest BCUT2D eigenvalue weighted by molar-refractivity contribution is -0.345. The highest BCUT2D eigenvalue weighted by atomic mass is 35.5. The maximum Gasteiger partial charge on any atom is 0.522 e. The van der Waals surface area contributed by atoms with Gasteiger partial charge in [0.05, 0.1) is 29.2 Å². The Hall–Kier alpha value is -1.17. The Labute approximate surface area is 213 Å². The molecule has 2 amide bonds. The average molecular weight is 543 g/mol. The summed E-state index contributed by atoms with van der Waals surface area (Å²) in [6.07, 6.45) is -3.37. The van der Waals surface area contributed by atoms with E-state index in [0.717, 1.165) is 0 Å². The van der Waals surface area contributed by atoms with Crippen molar-refractivity contribution >= 4 is 23.4 Å². The lowest BCUT2D eigenvalue weighted by Gasteiger charge is -2.56. The zero-order valence-electron chi connectivity index (χ0n) is 20.1. The molecule has 0 heterocycles. The molecule has 5 fully saturated rings. The van der Waals surface area contributed by atoms with E-state index in [9.17, 15) is 32.3 Å². The van der Waals surface area contributed by atoms with Crippen LogP contribution in [0.5, 0.6) is 0 Å². The molecule has 0 aliphatic heterocycles. The van der Waals surface area contributed by atoms with Gasteiger partial charge in [0.1, 0.15) is 12.8 Å². The summed E-state index contributed by atoms with van der Waals surface area (Å²) in [5.74, 6) is -0.978. The summed E-state index contributed by atoms with van der Waals surface area (Å²) in [5.41, 5.74) is -1.38. The zero-order valence-corrected chi connectivity index (χ0v) is 20.9. The van der Waals surface area contributed by atoms with E-state index in [1.165, 1.54) is 0 Å². The molecule has 0 saturated heterocycles. The van der Waals surface area contributed by atoms with Crippen molar-refractivity contribution in [2.24, 2.45) is 5.92 Å². The predicted octanol–water partition coefficient (Wildman–Crippen LogP) is 3.64.